The second-order valence-corrected chi connectivity index (χ2v) is 1.98. The van der Waals surface area contributed by atoms with E-state index in [9.17, 15) is 4.79 Å². The zero-order chi connectivity index (χ0) is 8.15. The number of rotatable bonds is 4. The molecule has 58 valence electrons. The van der Waals surface area contributed by atoms with Crippen molar-refractivity contribution in [2.45, 2.75) is 13.8 Å². The summed E-state index contributed by atoms with van der Waals surface area (Å²) in [6.07, 6.45) is 0. The van der Waals surface area contributed by atoms with Crippen LogP contribution in [0.25, 0.3) is 0 Å². The van der Waals surface area contributed by atoms with Gasteiger partial charge in [-0.1, -0.05) is 6.58 Å². The summed E-state index contributed by atoms with van der Waals surface area (Å²) in [7, 11) is 0. The van der Waals surface area contributed by atoms with E-state index in [4.69, 9.17) is 5.73 Å². The van der Waals surface area contributed by atoms with E-state index < -0.39 is 5.91 Å². The molecule has 0 fully saturated rings. The number of carbonyl (C=O) groups is 1. The molecule has 0 radical (unpaired) electrons. The predicted molar refractivity (Wildman–Crippen MR) is 41.3 cm³/mol. The van der Waals surface area contributed by atoms with Crippen LogP contribution in [0.2, 0.25) is 0 Å². The van der Waals surface area contributed by atoms with Crippen LogP contribution in [-0.2, 0) is 4.79 Å². The molecule has 3 heteroatoms. The molecule has 1 amide bonds. The lowest BCUT2D eigenvalue weighted by Gasteiger charge is -2.20. The van der Waals surface area contributed by atoms with Gasteiger partial charge in [0.2, 0.25) is 0 Å². The standard InChI is InChI=1S/C7H14N2O/c1-4-9(5-2)6(3)7(8)10/h3-5H2,1-2H3,(H2,8,10). The Morgan fingerprint density at radius 1 is 1.50 bits per heavy atom. The predicted octanol–water partition coefficient (Wildman–Crippen LogP) is 0.327. The SMILES string of the molecule is C=C(C(N)=O)N(CC)CC. The Bertz CT molecular complexity index is 139. The molecule has 0 spiro atoms. The van der Waals surface area contributed by atoms with E-state index in [2.05, 4.69) is 6.58 Å². The minimum atomic E-state index is -0.441. The van der Waals surface area contributed by atoms with Crippen LogP contribution in [0.5, 0.6) is 0 Å². The van der Waals surface area contributed by atoms with E-state index in [1.54, 1.807) is 0 Å². The van der Waals surface area contributed by atoms with E-state index in [1.165, 1.54) is 0 Å². The van der Waals surface area contributed by atoms with Gasteiger partial charge in [0.1, 0.15) is 0 Å². The van der Waals surface area contributed by atoms with Crippen LogP contribution in [0.1, 0.15) is 13.8 Å². The number of primary amides is 1. The number of hydrogen-bond acceptors (Lipinski definition) is 2. The maximum atomic E-state index is 10.5. The minimum absolute atomic E-state index is 0.394. The van der Waals surface area contributed by atoms with E-state index in [1.807, 2.05) is 18.7 Å². The largest absolute Gasteiger partial charge is 0.368 e. The highest BCUT2D eigenvalue weighted by Crippen LogP contribution is 1.98. The van der Waals surface area contributed by atoms with E-state index in [0.29, 0.717) is 5.70 Å². The molecule has 0 bridgehead atoms. The Hall–Kier alpha value is -0.990. The van der Waals surface area contributed by atoms with Crippen molar-refractivity contribution in [1.82, 2.24) is 4.90 Å². The molecule has 2 N–H and O–H groups in total. The number of likely N-dealkylation sites (N-methyl/N-ethyl adjacent to an activating group) is 1. The highest BCUT2D eigenvalue weighted by atomic mass is 16.1. The molecule has 0 aromatic carbocycles. The first kappa shape index (κ1) is 9.01. The number of amides is 1. The lowest BCUT2D eigenvalue weighted by atomic mass is 10.4. The molecule has 0 unspecified atom stereocenters. The lowest BCUT2D eigenvalue weighted by molar-refractivity contribution is -0.116. The maximum absolute atomic E-state index is 10.5. The van der Waals surface area contributed by atoms with Gasteiger partial charge in [0.05, 0.1) is 5.70 Å². The smallest absolute Gasteiger partial charge is 0.264 e. The van der Waals surface area contributed by atoms with Crippen molar-refractivity contribution in [3.8, 4) is 0 Å². The van der Waals surface area contributed by atoms with Crippen molar-refractivity contribution in [3.63, 3.8) is 0 Å². The Labute approximate surface area is 61.5 Å². The maximum Gasteiger partial charge on any atom is 0.264 e. The lowest BCUT2D eigenvalue weighted by Crippen LogP contribution is -2.30. The molecule has 0 aliphatic rings. The molecule has 0 atom stereocenters. The average Bonchev–Trinajstić information content (AvgIpc) is 1.90. The molecule has 0 heterocycles. The van der Waals surface area contributed by atoms with Crippen molar-refractivity contribution >= 4 is 5.91 Å². The first-order chi connectivity index (χ1) is 4.63. The normalized spacial score (nSPS) is 9.00. The zero-order valence-electron chi connectivity index (χ0n) is 6.55. The van der Waals surface area contributed by atoms with Gasteiger partial charge in [-0.2, -0.15) is 0 Å². The topological polar surface area (TPSA) is 46.3 Å². The monoisotopic (exact) mass is 142 g/mol. The molecule has 0 aliphatic heterocycles. The quantitative estimate of drug-likeness (QED) is 0.575. The van der Waals surface area contributed by atoms with Crippen LogP contribution in [0.4, 0.5) is 0 Å². The van der Waals surface area contributed by atoms with Gasteiger partial charge in [-0.05, 0) is 13.8 Å². The van der Waals surface area contributed by atoms with Crippen molar-refractivity contribution in [2.75, 3.05) is 13.1 Å². The van der Waals surface area contributed by atoms with Gasteiger partial charge in [0.25, 0.3) is 5.91 Å². The Kier molecular flexibility index (Phi) is 3.54. The molecule has 0 aliphatic carbocycles. The molecule has 0 saturated heterocycles. The summed E-state index contributed by atoms with van der Waals surface area (Å²) in [5.74, 6) is -0.441. The highest BCUT2D eigenvalue weighted by molar-refractivity contribution is 5.90. The van der Waals surface area contributed by atoms with E-state index in [0.717, 1.165) is 13.1 Å². The van der Waals surface area contributed by atoms with Crippen LogP contribution >= 0.6 is 0 Å². The van der Waals surface area contributed by atoms with Crippen LogP contribution in [0.3, 0.4) is 0 Å². The number of nitrogens with zero attached hydrogens (tertiary/aromatic N) is 1. The summed E-state index contributed by atoms with van der Waals surface area (Å²) in [6, 6.07) is 0. The molecule has 0 aromatic rings. The van der Waals surface area contributed by atoms with Crippen LogP contribution in [0, 0.1) is 0 Å². The van der Waals surface area contributed by atoms with E-state index >= 15 is 0 Å². The first-order valence-electron chi connectivity index (χ1n) is 3.37. The fourth-order valence-corrected chi connectivity index (χ4v) is 0.761. The fraction of sp³-hybridized carbons (Fsp3) is 0.571. The van der Waals surface area contributed by atoms with Gasteiger partial charge in [-0.3, -0.25) is 4.79 Å². The van der Waals surface area contributed by atoms with Crippen LogP contribution in [0.15, 0.2) is 12.3 Å². The summed E-state index contributed by atoms with van der Waals surface area (Å²) in [6.45, 7) is 9.01. The summed E-state index contributed by atoms with van der Waals surface area (Å²) >= 11 is 0. The molecule has 0 rings (SSSR count). The van der Waals surface area contributed by atoms with Crippen LogP contribution < -0.4 is 5.73 Å². The van der Waals surface area contributed by atoms with E-state index in [-0.39, 0.29) is 0 Å². The Morgan fingerprint density at radius 2 is 1.90 bits per heavy atom. The number of hydrogen-bond donors (Lipinski definition) is 1. The summed E-state index contributed by atoms with van der Waals surface area (Å²) in [5.41, 5.74) is 5.40. The van der Waals surface area contributed by atoms with Gasteiger partial charge in [-0.15, -0.1) is 0 Å². The molecule has 10 heavy (non-hydrogen) atoms. The third-order valence-corrected chi connectivity index (χ3v) is 1.43. The molecule has 3 nitrogen and oxygen atoms in total. The molecular weight excluding hydrogens is 128 g/mol. The molecular formula is C7H14N2O. The Morgan fingerprint density at radius 3 is 2.00 bits per heavy atom. The van der Waals surface area contributed by atoms with Crippen molar-refractivity contribution in [2.24, 2.45) is 5.73 Å². The van der Waals surface area contributed by atoms with Crippen molar-refractivity contribution in [3.05, 3.63) is 12.3 Å². The third kappa shape index (κ3) is 2.09. The van der Waals surface area contributed by atoms with Gasteiger partial charge in [0.15, 0.2) is 0 Å². The van der Waals surface area contributed by atoms with Gasteiger partial charge >= 0.3 is 0 Å². The first-order valence-corrected chi connectivity index (χ1v) is 3.37. The van der Waals surface area contributed by atoms with Gasteiger partial charge < -0.3 is 10.6 Å². The van der Waals surface area contributed by atoms with Gasteiger partial charge in [0, 0.05) is 13.1 Å². The summed E-state index contributed by atoms with van der Waals surface area (Å²) in [4.78, 5) is 12.4. The zero-order valence-corrected chi connectivity index (χ0v) is 6.55. The number of nitrogens with two attached hydrogens (primary N) is 1. The fourth-order valence-electron chi connectivity index (χ4n) is 0.761. The van der Waals surface area contributed by atoms with Crippen LogP contribution in [-0.4, -0.2) is 23.9 Å². The second kappa shape index (κ2) is 3.93. The second-order valence-electron chi connectivity index (χ2n) is 1.98. The number of carbonyl (C=O) groups excluding carboxylic acids is 1. The van der Waals surface area contributed by atoms with Crippen molar-refractivity contribution < 1.29 is 4.79 Å². The molecule has 0 saturated carbocycles. The Balaban J connectivity index is 4.02. The molecule has 0 aromatic heterocycles. The summed E-state index contributed by atoms with van der Waals surface area (Å²) < 4.78 is 0. The summed E-state index contributed by atoms with van der Waals surface area (Å²) in [5, 5.41) is 0. The minimum Gasteiger partial charge on any atom is -0.368 e. The van der Waals surface area contributed by atoms with Gasteiger partial charge in [-0.25, -0.2) is 0 Å². The highest BCUT2D eigenvalue weighted by Gasteiger charge is 2.06. The third-order valence-electron chi connectivity index (χ3n) is 1.43. The van der Waals surface area contributed by atoms with Crippen molar-refractivity contribution in [1.29, 1.82) is 0 Å². The average molecular weight is 142 g/mol.